The molecule has 0 spiro atoms. The highest BCUT2D eigenvalue weighted by atomic mass is 16.2. The van der Waals surface area contributed by atoms with Crippen LogP contribution in [0.5, 0.6) is 0 Å². The van der Waals surface area contributed by atoms with E-state index in [1.54, 1.807) is 0 Å². The minimum absolute atomic E-state index is 0.0169. The Morgan fingerprint density at radius 1 is 1.07 bits per heavy atom. The zero-order valence-corrected chi connectivity index (χ0v) is 16.6. The molecule has 27 heavy (non-hydrogen) atoms. The summed E-state index contributed by atoms with van der Waals surface area (Å²) in [6.07, 6.45) is 2.06. The Hall–Kier alpha value is -2.08. The molecule has 1 atom stereocenters. The van der Waals surface area contributed by atoms with Crippen LogP contribution in [-0.4, -0.2) is 79.0 Å². The smallest absolute Gasteiger partial charge is 0.317 e. The number of carbonyl (C=O) groups is 2. The zero-order valence-electron chi connectivity index (χ0n) is 16.6. The summed E-state index contributed by atoms with van der Waals surface area (Å²) in [6.45, 7) is 10.8. The second-order valence-electron chi connectivity index (χ2n) is 7.47. The van der Waals surface area contributed by atoms with Crippen LogP contribution in [0.4, 0.5) is 4.79 Å². The molecule has 0 saturated carbocycles. The first-order valence-electron chi connectivity index (χ1n) is 10.3. The van der Waals surface area contributed by atoms with Crippen molar-refractivity contribution in [2.75, 3.05) is 52.4 Å². The van der Waals surface area contributed by atoms with Gasteiger partial charge in [-0.3, -0.25) is 4.79 Å². The number of rotatable bonds is 4. The van der Waals surface area contributed by atoms with Gasteiger partial charge in [-0.1, -0.05) is 19.1 Å². The molecule has 1 N–H and O–H groups in total. The number of hydrogen-bond acceptors (Lipinski definition) is 3. The second-order valence-corrected chi connectivity index (χ2v) is 7.47. The minimum atomic E-state index is 0.0169. The van der Waals surface area contributed by atoms with Crippen LogP contribution in [0.3, 0.4) is 0 Å². The van der Waals surface area contributed by atoms with Gasteiger partial charge < -0.3 is 20.0 Å². The highest BCUT2D eigenvalue weighted by Gasteiger charge is 2.26. The number of likely N-dealkylation sites (tertiary alicyclic amines) is 1. The van der Waals surface area contributed by atoms with E-state index < -0.39 is 0 Å². The number of nitrogens with zero attached hydrogens (tertiary/aromatic N) is 3. The Labute approximate surface area is 162 Å². The standard InChI is InChI=1S/C21H32N4O2/c1-3-22-21(27)25-10-6-9-19(16-25)17-7-5-8-18(15-17)20(26)24-13-11-23(4-2)12-14-24/h5,7-8,15,19H,3-4,6,9-14,16H2,1-2H3,(H,22,27)/t19-/m0/s1. The number of amides is 3. The van der Waals surface area contributed by atoms with Gasteiger partial charge >= 0.3 is 6.03 Å². The van der Waals surface area contributed by atoms with Crippen LogP contribution < -0.4 is 5.32 Å². The molecule has 0 aromatic heterocycles. The third-order valence-corrected chi connectivity index (χ3v) is 5.75. The molecule has 2 saturated heterocycles. The Kier molecular flexibility index (Phi) is 6.72. The van der Waals surface area contributed by atoms with Gasteiger partial charge in [0.15, 0.2) is 0 Å². The van der Waals surface area contributed by atoms with Crippen molar-refractivity contribution in [3.63, 3.8) is 0 Å². The topological polar surface area (TPSA) is 55.9 Å². The van der Waals surface area contributed by atoms with Gasteiger partial charge in [0, 0.05) is 57.3 Å². The van der Waals surface area contributed by atoms with E-state index in [1.165, 1.54) is 5.56 Å². The van der Waals surface area contributed by atoms with Crippen molar-refractivity contribution in [2.45, 2.75) is 32.6 Å². The Morgan fingerprint density at radius 3 is 2.56 bits per heavy atom. The molecule has 2 fully saturated rings. The highest BCUT2D eigenvalue weighted by Crippen LogP contribution is 2.28. The molecule has 148 valence electrons. The first-order valence-corrected chi connectivity index (χ1v) is 10.3. The van der Waals surface area contributed by atoms with E-state index in [-0.39, 0.29) is 11.9 Å². The average molecular weight is 373 g/mol. The van der Waals surface area contributed by atoms with Crippen molar-refractivity contribution in [1.29, 1.82) is 0 Å². The minimum Gasteiger partial charge on any atom is -0.338 e. The van der Waals surface area contributed by atoms with Crippen LogP contribution in [0.25, 0.3) is 0 Å². The summed E-state index contributed by atoms with van der Waals surface area (Å²) in [5, 5.41) is 2.89. The quantitative estimate of drug-likeness (QED) is 0.883. The van der Waals surface area contributed by atoms with Gasteiger partial charge in [-0.2, -0.15) is 0 Å². The molecule has 0 bridgehead atoms. The van der Waals surface area contributed by atoms with Gasteiger partial charge in [0.1, 0.15) is 0 Å². The summed E-state index contributed by atoms with van der Waals surface area (Å²) >= 11 is 0. The molecule has 2 aliphatic rings. The Morgan fingerprint density at radius 2 is 1.85 bits per heavy atom. The van der Waals surface area contributed by atoms with Crippen molar-refractivity contribution < 1.29 is 9.59 Å². The summed E-state index contributed by atoms with van der Waals surface area (Å²) in [5.74, 6) is 0.426. The lowest BCUT2D eigenvalue weighted by atomic mass is 9.89. The largest absolute Gasteiger partial charge is 0.338 e. The van der Waals surface area contributed by atoms with Crippen LogP contribution >= 0.6 is 0 Å². The monoisotopic (exact) mass is 372 g/mol. The van der Waals surface area contributed by atoms with Crippen molar-refractivity contribution in [3.05, 3.63) is 35.4 Å². The maximum Gasteiger partial charge on any atom is 0.317 e. The maximum absolute atomic E-state index is 12.9. The second kappa shape index (κ2) is 9.22. The van der Waals surface area contributed by atoms with E-state index in [4.69, 9.17) is 0 Å². The number of benzene rings is 1. The van der Waals surface area contributed by atoms with Crippen molar-refractivity contribution in [3.8, 4) is 0 Å². The SMILES string of the molecule is CCNC(=O)N1CCC[C@H](c2cccc(C(=O)N3CCN(CC)CC3)c2)C1. The lowest BCUT2D eigenvalue weighted by molar-refractivity contribution is 0.0643. The van der Waals surface area contributed by atoms with E-state index in [9.17, 15) is 9.59 Å². The van der Waals surface area contributed by atoms with Crippen LogP contribution in [-0.2, 0) is 0 Å². The van der Waals surface area contributed by atoms with Crippen molar-refractivity contribution in [1.82, 2.24) is 20.0 Å². The van der Waals surface area contributed by atoms with Crippen LogP contribution in [0, 0.1) is 0 Å². The fourth-order valence-corrected chi connectivity index (χ4v) is 4.07. The predicted molar refractivity (Wildman–Crippen MR) is 107 cm³/mol. The lowest BCUT2D eigenvalue weighted by Gasteiger charge is -2.34. The number of piperidine rings is 1. The zero-order chi connectivity index (χ0) is 19.2. The van der Waals surface area contributed by atoms with E-state index in [2.05, 4.69) is 23.2 Å². The molecule has 3 amide bonds. The lowest BCUT2D eigenvalue weighted by Crippen LogP contribution is -2.48. The van der Waals surface area contributed by atoms with Gasteiger partial charge in [0.05, 0.1) is 0 Å². The average Bonchev–Trinajstić information content (AvgIpc) is 2.73. The van der Waals surface area contributed by atoms with Gasteiger partial charge in [-0.05, 0) is 44.0 Å². The van der Waals surface area contributed by atoms with Crippen LogP contribution in [0.15, 0.2) is 24.3 Å². The van der Waals surface area contributed by atoms with Gasteiger partial charge in [0.25, 0.3) is 5.91 Å². The maximum atomic E-state index is 12.9. The summed E-state index contributed by atoms with van der Waals surface area (Å²) in [5.41, 5.74) is 1.94. The molecular formula is C21H32N4O2. The number of urea groups is 1. The number of hydrogen-bond donors (Lipinski definition) is 1. The summed E-state index contributed by atoms with van der Waals surface area (Å²) in [7, 11) is 0. The van der Waals surface area contributed by atoms with E-state index in [0.29, 0.717) is 12.5 Å². The van der Waals surface area contributed by atoms with Crippen molar-refractivity contribution >= 4 is 11.9 Å². The van der Waals surface area contributed by atoms with E-state index in [0.717, 1.165) is 64.2 Å². The van der Waals surface area contributed by atoms with E-state index in [1.807, 2.05) is 34.9 Å². The van der Waals surface area contributed by atoms with E-state index >= 15 is 0 Å². The normalized spacial score (nSPS) is 21.2. The molecule has 6 heteroatoms. The molecule has 0 unspecified atom stereocenters. The molecule has 6 nitrogen and oxygen atoms in total. The summed E-state index contributed by atoms with van der Waals surface area (Å²) < 4.78 is 0. The summed E-state index contributed by atoms with van der Waals surface area (Å²) in [6, 6.07) is 8.06. The number of carbonyl (C=O) groups excluding carboxylic acids is 2. The molecule has 2 aliphatic heterocycles. The third-order valence-electron chi connectivity index (χ3n) is 5.75. The van der Waals surface area contributed by atoms with Gasteiger partial charge in [-0.25, -0.2) is 4.79 Å². The number of likely N-dealkylation sites (N-methyl/N-ethyl adjacent to an activating group) is 1. The first-order chi connectivity index (χ1) is 13.1. The predicted octanol–water partition coefficient (Wildman–Crippen LogP) is 2.37. The Balaban J connectivity index is 1.66. The van der Waals surface area contributed by atoms with Gasteiger partial charge in [0.2, 0.25) is 0 Å². The van der Waals surface area contributed by atoms with Crippen LogP contribution in [0.1, 0.15) is 48.5 Å². The molecule has 0 aliphatic carbocycles. The molecule has 2 heterocycles. The Bertz CT molecular complexity index is 655. The van der Waals surface area contributed by atoms with Crippen molar-refractivity contribution in [2.24, 2.45) is 0 Å². The molecule has 0 radical (unpaired) electrons. The molecule has 1 aromatic rings. The molecule has 3 rings (SSSR count). The third kappa shape index (κ3) is 4.80. The highest BCUT2D eigenvalue weighted by molar-refractivity contribution is 5.94. The number of piperazine rings is 1. The molecule has 1 aromatic carbocycles. The fourth-order valence-electron chi connectivity index (χ4n) is 4.07. The fraction of sp³-hybridized carbons (Fsp3) is 0.619. The van der Waals surface area contributed by atoms with Crippen LogP contribution in [0.2, 0.25) is 0 Å². The molecular weight excluding hydrogens is 340 g/mol. The first kappa shape index (κ1) is 19.7. The summed E-state index contributed by atoms with van der Waals surface area (Å²) in [4.78, 5) is 31.3. The number of nitrogens with one attached hydrogen (secondary N) is 1. The van der Waals surface area contributed by atoms with Gasteiger partial charge in [-0.15, -0.1) is 0 Å².